The Labute approximate surface area is 102 Å². The van der Waals surface area contributed by atoms with Gasteiger partial charge in [0.05, 0.1) is 0 Å². The van der Waals surface area contributed by atoms with Crippen LogP contribution in [0.15, 0.2) is 48.7 Å². The number of nitrogen functional groups attached to an aromatic ring is 1. The number of benzene rings is 1. The molecule has 1 aromatic heterocycles. The largest absolute Gasteiger partial charge is 0.398 e. The number of rotatable bonds is 3. The van der Waals surface area contributed by atoms with Gasteiger partial charge in [0.25, 0.3) is 0 Å². The zero-order chi connectivity index (χ0) is 11.7. The SMILES string of the molecule is Nc1cc[n+](Cc2ccccc2)c(C2CC2)c1. The Balaban J connectivity index is 1.92. The Hall–Kier alpha value is -1.83. The van der Waals surface area contributed by atoms with Crippen LogP contribution in [0.2, 0.25) is 0 Å². The van der Waals surface area contributed by atoms with E-state index in [1.807, 2.05) is 6.07 Å². The monoisotopic (exact) mass is 225 g/mol. The predicted molar refractivity (Wildman–Crippen MR) is 68.6 cm³/mol. The number of aromatic nitrogens is 1. The summed E-state index contributed by atoms with van der Waals surface area (Å²) in [5.74, 6) is 0.724. The lowest BCUT2D eigenvalue weighted by Crippen LogP contribution is -2.38. The molecule has 0 radical (unpaired) electrons. The van der Waals surface area contributed by atoms with Gasteiger partial charge in [-0.05, 0) is 12.8 Å². The van der Waals surface area contributed by atoms with Crippen LogP contribution in [0, 0.1) is 0 Å². The molecule has 0 saturated heterocycles. The second kappa shape index (κ2) is 4.21. The van der Waals surface area contributed by atoms with Crippen molar-refractivity contribution in [2.24, 2.45) is 0 Å². The summed E-state index contributed by atoms with van der Waals surface area (Å²) in [6, 6.07) is 14.7. The molecule has 1 aliphatic carbocycles. The first-order valence-electron chi connectivity index (χ1n) is 6.16. The highest BCUT2D eigenvalue weighted by Gasteiger charge is 2.32. The number of pyridine rings is 1. The van der Waals surface area contributed by atoms with Gasteiger partial charge in [0.2, 0.25) is 0 Å². The second-order valence-corrected chi connectivity index (χ2v) is 4.77. The van der Waals surface area contributed by atoms with Gasteiger partial charge in [-0.25, -0.2) is 0 Å². The van der Waals surface area contributed by atoms with Crippen LogP contribution in [-0.4, -0.2) is 0 Å². The summed E-state index contributed by atoms with van der Waals surface area (Å²) in [6.45, 7) is 0.937. The Kier molecular flexibility index (Phi) is 2.56. The summed E-state index contributed by atoms with van der Waals surface area (Å²) in [6.07, 6.45) is 4.71. The highest BCUT2D eigenvalue weighted by Crippen LogP contribution is 2.38. The van der Waals surface area contributed by atoms with Crippen LogP contribution >= 0.6 is 0 Å². The standard InChI is InChI=1S/C15H16N2/c16-14-8-9-17(15(10-14)13-6-7-13)11-12-4-2-1-3-5-12/h1-5,8-10,13,16H,6-7,11H2/p+1. The van der Waals surface area contributed by atoms with Gasteiger partial charge in [0.1, 0.15) is 0 Å². The number of nitrogens with zero attached hydrogens (tertiary/aromatic N) is 1. The summed E-state index contributed by atoms with van der Waals surface area (Å²) in [5.41, 5.74) is 9.46. The van der Waals surface area contributed by atoms with E-state index in [1.54, 1.807) is 0 Å². The number of hydrogen-bond acceptors (Lipinski definition) is 1. The number of anilines is 1. The summed E-state index contributed by atoms with van der Waals surface area (Å²) in [7, 11) is 0. The molecule has 1 heterocycles. The average Bonchev–Trinajstić information content (AvgIpc) is 3.17. The van der Waals surface area contributed by atoms with Gasteiger partial charge in [-0.1, -0.05) is 30.3 Å². The molecule has 2 nitrogen and oxygen atoms in total. The van der Waals surface area contributed by atoms with E-state index in [9.17, 15) is 0 Å². The van der Waals surface area contributed by atoms with Crippen LogP contribution in [0.1, 0.15) is 30.0 Å². The quantitative estimate of drug-likeness (QED) is 0.799. The van der Waals surface area contributed by atoms with E-state index in [0.29, 0.717) is 0 Å². The minimum atomic E-state index is 0.724. The Morgan fingerprint density at radius 2 is 1.88 bits per heavy atom. The predicted octanol–water partition coefficient (Wildman–Crippen LogP) is 2.48. The van der Waals surface area contributed by atoms with Gasteiger partial charge in [-0.3, -0.25) is 0 Å². The van der Waals surface area contributed by atoms with Gasteiger partial charge in [-0.15, -0.1) is 0 Å². The van der Waals surface area contributed by atoms with Crippen molar-refractivity contribution in [1.29, 1.82) is 0 Å². The maximum atomic E-state index is 5.87. The van der Waals surface area contributed by atoms with Crippen LogP contribution in [0.4, 0.5) is 5.69 Å². The molecule has 0 bridgehead atoms. The summed E-state index contributed by atoms with van der Waals surface area (Å²) < 4.78 is 2.32. The van der Waals surface area contributed by atoms with E-state index in [4.69, 9.17) is 5.73 Å². The first kappa shape index (κ1) is 10.3. The van der Waals surface area contributed by atoms with Gasteiger partial charge in [0, 0.05) is 29.3 Å². The number of hydrogen-bond donors (Lipinski definition) is 1. The van der Waals surface area contributed by atoms with E-state index in [2.05, 4.69) is 47.2 Å². The van der Waals surface area contributed by atoms with Crippen molar-refractivity contribution in [3.05, 3.63) is 59.9 Å². The van der Waals surface area contributed by atoms with E-state index in [1.165, 1.54) is 24.1 Å². The Bertz CT molecular complexity index is 516. The molecule has 17 heavy (non-hydrogen) atoms. The van der Waals surface area contributed by atoms with E-state index in [-0.39, 0.29) is 0 Å². The maximum absolute atomic E-state index is 5.87. The van der Waals surface area contributed by atoms with Gasteiger partial charge < -0.3 is 5.73 Å². The zero-order valence-corrected chi connectivity index (χ0v) is 9.84. The van der Waals surface area contributed by atoms with Gasteiger partial charge in [-0.2, -0.15) is 4.57 Å². The molecular weight excluding hydrogens is 208 g/mol. The summed E-state index contributed by atoms with van der Waals surface area (Å²) in [5, 5.41) is 0. The highest BCUT2D eigenvalue weighted by atomic mass is 15.0. The topological polar surface area (TPSA) is 29.9 Å². The van der Waals surface area contributed by atoms with Crippen molar-refractivity contribution in [2.45, 2.75) is 25.3 Å². The molecule has 0 spiro atoms. The third-order valence-corrected chi connectivity index (χ3v) is 3.28. The lowest BCUT2D eigenvalue weighted by molar-refractivity contribution is -0.695. The molecule has 1 fully saturated rings. The molecule has 0 atom stereocenters. The smallest absolute Gasteiger partial charge is 0.186 e. The molecule has 0 aliphatic heterocycles. The molecule has 2 N–H and O–H groups in total. The summed E-state index contributed by atoms with van der Waals surface area (Å²) in [4.78, 5) is 0. The van der Waals surface area contributed by atoms with E-state index < -0.39 is 0 Å². The first-order chi connectivity index (χ1) is 8.33. The Morgan fingerprint density at radius 3 is 2.59 bits per heavy atom. The van der Waals surface area contributed by atoms with Crippen LogP contribution in [0.5, 0.6) is 0 Å². The molecule has 1 saturated carbocycles. The van der Waals surface area contributed by atoms with Crippen LogP contribution in [0.3, 0.4) is 0 Å². The molecule has 0 amide bonds. The third kappa shape index (κ3) is 2.31. The fourth-order valence-electron chi connectivity index (χ4n) is 2.22. The zero-order valence-electron chi connectivity index (χ0n) is 9.84. The minimum Gasteiger partial charge on any atom is -0.398 e. The summed E-state index contributed by atoms with van der Waals surface area (Å²) >= 11 is 0. The molecule has 0 unspecified atom stereocenters. The van der Waals surface area contributed by atoms with Crippen LogP contribution in [-0.2, 0) is 6.54 Å². The van der Waals surface area contributed by atoms with E-state index in [0.717, 1.165) is 18.2 Å². The third-order valence-electron chi connectivity index (χ3n) is 3.28. The molecule has 86 valence electrons. The number of nitrogens with two attached hydrogens (primary N) is 1. The fourth-order valence-corrected chi connectivity index (χ4v) is 2.22. The van der Waals surface area contributed by atoms with Crippen molar-refractivity contribution < 1.29 is 4.57 Å². The second-order valence-electron chi connectivity index (χ2n) is 4.77. The van der Waals surface area contributed by atoms with E-state index >= 15 is 0 Å². The normalized spacial score (nSPS) is 14.8. The molecule has 1 aliphatic rings. The van der Waals surface area contributed by atoms with Crippen LogP contribution < -0.4 is 10.3 Å². The highest BCUT2D eigenvalue weighted by molar-refractivity contribution is 5.37. The van der Waals surface area contributed by atoms with Crippen molar-refractivity contribution in [2.75, 3.05) is 5.73 Å². The van der Waals surface area contributed by atoms with Crippen molar-refractivity contribution >= 4 is 5.69 Å². The van der Waals surface area contributed by atoms with Crippen molar-refractivity contribution in [3.63, 3.8) is 0 Å². The molecular formula is C15H17N2+. The van der Waals surface area contributed by atoms with Crippen molar-refractivity contribution in [1.82, 2.24) is 0 Å². The molecule has 2 aromatic rings. The molecule has 2 heteroatoms. The van der Waals surface area contributed by atoms with Gasteiger partial charge >= 0.3 is 0 Å². The Morgan fingerprint density at radius 1 is 1.12 bits per heavy atom. The van der Waals surface area contributed by atoms with Crippen LogP contribution in [0.25, 0.3) is 0 Å². The van der Waals surface area contributed by atoms with Gasteiger partial charge in [0.15, 0.2) is 18.4 Å². The maximum Gasteiger partial charge on any atom is 0.186 e. The van der Waals surface area contributed by atoms with Crippen molar-refractivity contribution in [3.8, 4) is 0 Å². The fraction of sp³-hybridized carbons (Fsp3) is 0.267. The first-order valence-corrected chi connectivity index (χ1v) is 6.16. The lowest BCUT2D eigenvalue weighted by Gasteiger charge is -2.04. The average molecular weight is 225 g/mol. The lowest BCUT2D eigenvalue weighted by atomic mass is 10.2. The minimum absolute atomic E-state index is 0.724. The molecule has 3 rings (SSSR count). The molecule has 1 aromatic carbocycles.